The monoisotopic (exact) mass is 266 g/mol. The van der Waals surface area contributed by atoms with E-state index in [0.29, 0.717) is 16.7 Å². The normalized spacial score (nSPS) is 11.6. The Kier molecular flexibility index (Phi) is 3.27. The van der Waals surface area contributed by atoms with E-state index in [1.165, 1.54) is 12.1 Å². The quantitative estimate of drug-likeness (QED) is 0.793. The van der Waals surface area contributed by atoms with E-state index in [0.717, 1.165) is 6.07 Å². The van der Waals surface area contributed by atoms with Crippen LogP contribution in [0.2, 0.25) is 0 Å². The second-order valence-corrected chi connectivity index (χ2v) is 4.50. The van der Waals surface area contributed by atoms with E-state index in [9.17, 15) is 18.3 Å². The number of rotatable bonds is 1. The van der Waals surface area contributed by atoms with Crippen LogP contribution >= 0.6 is 0 Å². The lowest BCUT2D eigenvalue weighted by atomic mass is 9.96. The van der Waals surface area contributed by atoms with Crippen molar-refractivity contribution < 1.29 is 18.3 Å². The summed E-state index contributed by atoms with van der Waals surface area (Å²) in [5.41, 5.74) is 1.04. The van der Waals surface area contributed by atoms with Gasteiger partial charge in [-0.3, -0.25) is 0 Å². The van der Waals surface area contributed by atoms with Crippen molar-refractivity contribution in [3.05, 3.63) is 53.1 Å². The summed E-state index contributed by atoms with van der Waals surface area (Å²) in [6, 6.07) is 8.56. The van der Waals surface area contributed by atoms with Gasteiger partial charge in [0, 0.05) is 0 Å². The maximum Gasteiger partial charge on any atom is 0.417 e. The Morgan fingerprint density at radius 2 is 1.47 bits per heavy atom. The van der Waals surface area contributed by atoms with Gasteiger partial charge in [0.2, 0.25) is 0 Å². The molecule has 0 unspecified atom stereocenters. The highest BCUT2D eigenvalue weighted by Crippen LogP contribution is 2.38. The minimum absolute atomic E-state index is 0.119. The van der Waals surface area contributed by atoms with Crippen molar-refractivity contribution in [3.8, 4) is 16.9 Å². The minimum atomic E-state index is -4.39. The maximum absolute atomic E-state index is 13.0. The smallest absolute Gasteiger partial charge is 0.417 e. The molecule has 0 aliphatic heterocycles. The van der Waals surface area contributed by atoms with Gasteiger partial charge in [0.15, 0.2) is 0 Å². The first-order valence-corrected chi connectivity index (χ1v) is 5.77. The fourth-order valence-electron chi connectivity index (χ4n) is 2.09. The van der Waals surface area contributed by atoms with Crippen LogP contribution in [-0.4, -0.2) is 5.11 Å². The summed E-state index contributed by atoms with van der Waals surface area (Å²) in [6.07, 6.45) is -4.39. The zero-order chi connectivity index (χ0) is 14.2. The molecule has 100 valence electrons. The molecule has 2 aromatic rings. The van der Waals surface area contributed by atoms with Gasteiger partial charge in [-0.1, -0.05) is 18.2 Å². The topological polar surface area (TPSA) is 20.2 Å². The Morgan fingerprint density at radius 3 is 2.00 bits per heavy atom. The van der Waals surface area contributed by atoms with E-state index in [1.54, 1.807) is 32.0 Å². The molecule has 0 saturated heterocycles. The number of alkyl halides is 3. The van der Waals surface area contributed by atoms with Crippen LogP contribution in [0, 0.1) is 13.8 Å². The first kappa shape index (κ1) is 13.5. The van der Waals surface area contributed by atoms with E-state index in [-0.39, 0.29) is 11.3 Å². The average Bonchev–Trinajstić information content (AvgIpc) is 2.34. The third-order valence-corrected chi connectivity index (χ3v) is 3.03. The molecule has 0 atom stereocenters. The average molecular weight is 266 g/mol. The van der Waals surface area contributed by atoms with Gasteiger partial charge in [-0.2, -0.15) is 13.2 Å². The number of hydrogen-bond acceptors (Lipinski definition) is 1. The first-order valence-electron chi connectivity index (χ1n) is 5.77. The molecule has 19 heavy (non-hydrogen) atoms. The van der Waals surface area contributed by atoms with E-state index < -0.39 is 11.7 Å². The van der Waals surface area contributed by atoms with Gasteiger partial charge < -0.3 is 5.11 Å². The number of phenolic OH excluding ortho intramolecular Hbond substituents is 1. The predicted molar refractivity (Wildman–Crippen MR) is 68.0 cm³/mol. The Balaban J connectivity index is 2.67. The summed E-state index contributed by atoms with van der Waals surface area (Å²) in [7, 11) is 0. The number of aryl methyl sites for hydroxylation is 2. The van der Waals surface area contributed by atoms with Crippen LogP contribution in [0.3, 0.4) is 0 Å². The molecule has 4 heteroatoms. The van der Waals surface area contributed by atoms with Crippen molar-refractivity contribution in [2.75, 3.05) is 0 Å². The van der Waals surface area contributed by atoms with Crippen LogP contribution < -0.4 is 0 Å². The third kappa shape index (κ3) is 2.57. The molecule has 0 fully saturated rings. The van der Waals surface area contributed by atoms with Crippen molar-refractivity contribution in [2.24, 2.45) is 0 Å². The highest BCUT2D eigenvalue weighted by atomic mass is 19.4. The summed E-state index contributed by atoms with van der Waals surface area (Å²) in [6.45, 7) is 3.34. The van der Waals surface area contributed by atoms with E-state index in [2.05, 4.69) is 0 Å². The van der Waals surface area contributed by atoms with Crippen LogP contribution in [0.1, 0.15) is 16.7 Å². The number of phenols is 1. The Labute approximate surface area is 109 Å². The standard InChI is InChI=1S/C15H13F3O/c1-9-7-11(8-10(2)14(9)19)12-5-3-4-6-13(12)15(16,17)18/h3-8,19H,1-2H3. The van der Waals surface area contributed by atoms with Crippen molar-refractivity contribution >= 4 is 0 Å². The zero-order valence-corrected chi connectivity index (χ0v) is 10.5. The van der Waals surface area contributed by atoms with Gasteiger partial charge in [0.25, 0.3) is 0 Å². The molecule has 0 aliphatic rings. The predicted octanol–water partition coefficient (Wildman–Crippen LogP) is 4.69. The molecule has 0 radical (unpaired) electrons. The molecule has 2 aromatic carbocycles. The fraction of sp³-hybridized carbons (Fsp3) is 0.200. The fourth-order valence-corrected chi connectivity index (χ4v) is 2.09. The summed E-state index contributed by atoms with van der Waals surface area (Å²) < 4.78 is 38.9. The minimum Gasteiger partial charge on any atom is -0.507 e. The molecular weight excluding hydrogens is 253 g/mol. The summed E-state index contributed by atoms with van der Waals surface area (Å²) >= 11 is 0. The first-order chi connectivity index (χ1) is 8.80. The van der Waals surface area contributed by atoms with E-state index in [1.807, 2.05) is 0 Å². The van der Waals surface area contributed by atoms with Crippen molar-refractivity contribution in [3.63, 3.8) is 0 Å². The molecule has 2 rings (SSSR count). The molecule has 1 nitrogen and oxygen atoms in total. The molecule has 0 amide bonds. The molecule has 0 aromatic heterocycles. The zero-order valence-electron chi connectivity index (χ0n) is 10.5. The molecule has 0 aliphatic carbocycles. The van der Waals surface area contributed by atoms with E-state index >= 15 is 0 Å². The van der Waals surface area contributed by atoms with Gasteiger partial charge in [-0.05, 0) is 54.3 Å². The third-order valence-electron chi connectivity index (χ3n) is 3.03. The number of aromatic hydroxyl groups is 1. The Bertz CT molecular complexity index is 592. The highest BCUT2D eigenvalue weighted by Gasteiger charge is 2.33. The molecule has 0 bridgehead atoms. The molecule has 0 saturated carbocycles. The van der Waals surface area contributed by atoms with E-state index in [4.69, 9.17) is 0 Å². The molecular formula is C15H13F3O. The largest absolute Gasteiger partial charge is 0.507 e. The number of halogens is 3. The van der Waals surface area contributed by atoms with Crippen LogP contribution in [-0.2, 0) is 6.18 Å². The molecule has 0 spiro atoms. The van der Waals surface area contributed by atoms with Gasteiger partial charge in [0.05, 0.1) is 5.56 Å². The maximum atomic E-state index is 13.0. The van der Waals surface area contributed by atoms with Gasteiger partial charge in [-0.25, -0.2) is 0 Å². The molecule has 1 N–H and O–H groups in total. The van der Waals surface area contributed by atoms with Crippen LogP contribution in [0.5, 0.6) is 5.75 Å². The SMILES string of the molecule is Cc1cc(-c2ccccc2C(F)(F)F)cc(C)c1O. The van der Waals surface area contributed by atoms with Crippen molar-refractivity contribution in [2.45, 2.75) is 20.0 Å². The van der Waals surface area contributed by atoms with Gasteiger partial charge >= 0.3 is 6.18 Å². The van der Waals surface area contributed by atoms with Crippen molar-refractivity contribution in [1.29, 1.82) is 0 Å². The highest BCUT2D eigenvalue weighted by molar-refractivity contribution is 5.70. The molecule has 0 heterocycles. The second kappa shape index (κ2) is 4.61. The van der Waals surface area contributed by atoms with Gasteiger partial charge in [-0.15, -0.1) is 0 Å². The lowest BCUT2D eigenvalue weighted by Gasteiger charge is -2.14. The van der Waals surface area contributed by atoms with Crippen LogP contribution in [0.25, 0.3) is 11.1 Å². The van der Waals surface area contributed by atoms with Crippen molar-refractivity contribution in [1.82, 2.24) is 0 Å². The summed E-state index contributed by atoms with van der Waals surface area (Å²) in [5, 5.41) is 9.68. The summed E-state index contributed by atoms with van der Waals surface area (Å²) in [4.78, 5) is 0. The Hall–Kier alpha value is -1.97. The summed E-state index contributed by atoms with van der Waals surface area (Å²) in [5.74, 6) is 0.119. The lowest BCUT2D eigenvalue weighted by molar-refractivity contribution is -0.137. The lowest BCUT2D eigenvalue weighted by Crippen LogP contribution is -2.07. The number of benzene rings is 2. The van der Waals surface area contributed by atoms with Crippen LogP contribution in [0.15, 0.2) is 36.4 Å². The van der Waals surface area contributed by atoms with Gasteiger partial charge in [0.1, 0.15) is 5.75 Å². The Morgan fingerprint density at radius 1 is 0.947 bits per heavy atom. The van der Waals surface area contributed by atoms with Crippen LogP contribution in [0.4, 0.5) is 13.2 Å². The number of hydrogen-bond donors (Lipinski definition) is 1. The second-order valence-electron chi connectivity index (χ2n) is 4.50.